The number of nitrogens with zero attached hydrogens (tertiary/aromatic N) is 1. The lowest BCUT2D eigenvalue weighted by molar-refractivity contribution is 0.598. The van der Waals surface area contributed by atoms with Crippen molar-refractivity contribution in [1.82, 2.24) is 10.3 Å². The molecule has 0 amide bonds. The molecule has 1 heterocycles. The molecule has 0 unspecified atom stereocenters. The number of anilines is 1. The maximum Gasteiger partial charge on any atom is 0.234 e. The minimum atomic E-state index is -3.26. The normalized spacial score (nSPS) is 11.3. The van der Waals surface area contributed by atoms with E-state index in [1.165, 1.54) is 6.20 Å². The summed E-state index contributed by atoms with van der Waals surface area (Å²) in [7, 11) is -1.55. The number of hydrogen-bond donors (Lipinski definition) is 2. The zero-order valence-corrected chi connectivity index (χ0v) is 9.63. The summed E-state index contributed by atoms with van der Waals surface area (Å²) in [6.45, 7) is 2.27. The van der Waals surface area contributed by atoms with Crippen LogP contribution in [0, 0.1) is 6.92 Å². The van der Waals surface area contributed by atoms with E-state index in [2.05, 4.69) is 15.0 Å². The first kappa shape index (κ1) is 11.9. The van der Waals surface area contributed by atoms with Crippen molar-refractivity contribution in [3.05, 3.63) is 24.0 Å². The molecular formula is C9H15N3O2S. The van der Waals surface area contributed by atoms with Gasteiger partial charge in [0.2, 0.25) is 10.0 Å². The maximum absolute atomic E-state index is 11.5. The zero-order chi connectivity index (χ0) is 11.3. The highest BCUT2D eigenvalue weighted by atomic mass is 32.2. The third kappa shape index (κ3) is 4.26. The molecule has 0 atom stereocenters. The van der Waals surface area contributed by atoms with Crippen LogP contribution < -0.4 is 10.0 Å². The van der Waals surface area contributed by atoms with Gasteiger partial charge < -0.3 is 5.32 Å². The third-order valence-corrected chi connectivity index (χ3v) is 3.09. The average molecular weight is 229 g/mol. The van der Waals surface area contributed by atoms with Crippen LogP contribution in [0.15, 0.2) is 18.3 Å². The monoisotopic (exact) mass is 229 g/mol. The molecule has 1 aromatic heterocycles. The van der Waals surface area contributed by atoms with Gasteiger partial charge in [0.1, 0.15) is 0 Å². The quantitative estimate of drug-likeness (QED) is 0.764. The van der Waals surface area contributed by atoms with E-state index in [9.17, 15) is 8.42 Å². The van der Waals surface area contributed by atoms with Gasteiger partial charge in [-0.25, -0.2) is 8.42 Å². The Morgan fingerprint density at radius 3 is 2.67 bits per heavy atom. The largest absolute Gasteiger partial charge is 0.319 e. The number of sulfonamides is 1. The average Bonchev–Trinajstić information content (AvgIpc) is 2.18. The van der Waals surface area contributed by atoms with E-state index >= 15 is 0 Å². The number of nitrogens with one attached hydrogen (secondary N) is 2. The molecule has 2 N–H and O–H groups in total. The highest BCUT2D eigenvalue weighted by molar-refractivity contribution is 7.92. The Bertz CT molecular complexity index is 400. The Kier molecular flexibility index (Phi) is 4.05. The van der Waals surface area contributed by atoms with Gasteiger partial charge in [0.05, 0.1) is 17.6 Å². The van der Waals surface area contributed by atoms with E-state index in [1.54, 1.807) is 19.2 Å². The van der Waals surface area contributed by atoms with Gasteiger partial charge in [-0.05, 0) is 26.1 Å². The second-order valence-electron chi connectivity index (χ2n) is 3.21. The summed E-state index contributed by atoms with van der Waals surface area (Å²) in [5.41, 5.74) is 1.35. The molecule has 0 aliphatic heterocycles. The first-order valence-corrected chi connectivity index (χ1v) is 6.26. The maximum atomic E-state index is 11.5. The standard InChI is InChI=1S/C9H15N3O2S/c1-8-3-4-9(7-11-8)12-15(13,14)6-5-10-2/h3-4,7,10,12H,5-6H2,1-2H3. The van der Waals surface area contributed by atoms with Crippen molar-refractivity contribution in [2.24, 2.45) is 0 Å². The third-order valence-electron chi connectivity index (χ3n) is 1.81. The molecule has 6 heteroatoms. The van der Waals surface area contributed by atoms with Crippen LogP contribution in [0.2, 0.25) is 0 Å². The number of pyridine rings is 1. The number of hydrogen-bond acceptors (Lipinski definition) is 4. The van der Waals surface area contributed by atoms with E-state index in [1.807, 2.05) is 6.92 Å². The summed E-state index contributed by atoms with van der Waals surface area (Å²) in [5.74, 6) is 0.0530. The summed E-state index contributed by atoms with van der Waals surface area (Å²) in [6, 6.07) is 3.45. The Labute approximate surface area is 90.0 Å². The van der Waals surface area contributed by atoms with Gasteiger partial charge in [0, 0.05) is 12.2 Å². The first-order valence-electron chi connectivity index (χ1n) is 4.61. The van der Waals surface area contributed by atoms with Crippen molar-refractivity contribution in [3.63, 3.8) is 0 Å². The molecule has 5 nitrogen and oxygen atoms in total. The molecule has 0 aromatic carbocycles. The van der Waals surface area contributed by atoms with E-state index < -0.39 is 10.0 Å². The fraction of sp³-hybridized carbons (Fsp3) is 0.444. The van der Waals surface area contributed by atoms with Crippen molar-refractivity contribution >= 4 is 15.7 Å². The van der Waals surface area contributed by atoms with Crippen LogP contribution in [0.1, 0.15) is 5.69 Å². The van der Waals surface area contributed by atoms with Crippen LogP contribution in [-0.4, -0.2) is 32.7 Å². The number of rotatable bonds is 5. The minimum Gasteiger partial charge on any atom is -0.319 e. The lowest BCUT2D eigenvalue weighted by Crippen LogP contribution is -2.24. The molecule has 0 fully saturated rings. The molecule has 1 rings (SSSR count). The molecule has 0 aliphatic carbocycles. The van der Waals surface area contributed by atoms with E-state index in [4.69, 9.17) is 0 Å². The summed E-state index contributed by atoms with van der Waals surface area (Å²) >= 11 is 0. The molecule has 84 valence electrons. The molecule has 0 spiro atoms. The Morgan fingerprint density at radius 1 is 1.40 bits per heavy atom. The number of aryl methyl sites for hydroxylation is 1. The van der Waals surface area contributed by atoms with Gasteiger partial charge in [0.15, 0.2) is 0 Å². The Morgan fingerprint density at radius 2 is 2.13 bits per heavy atom. The minimum absolute atomic E-state index is 0.0530. The highest BCUT2D eigenvalue weighted by Gasteiger charge is 2.08. The fourth-order valence-electron chi connectivity index (χ4n) is 0.995. The summed E-state index contributed by atoms with van der Waals surface area (Å²) in [4.78, 5) is 4.00. The summed E-state index contributed by atoms with van der Waals surface area (Å²) < 4.78 is 25.4. The topological polar surface area (TPSA) is 71.1 Å². The molecule has 0 aliphatic rings. The van der Waals surface area contributed by atoms with Gasteiger partial charge in [-0.3, -0.25) is 9.71 Å². The molecule has 0 saturated heterocycles. The van der Waals surface area contributed by atoms with Gasteiger partial charge in [-0.15, -0.1) is 0 Å². The van der Waals surface area contributed by atoms with Crippen LogP contribution in [0.3, 0.4) is 0 Å². The molecule has 0 saturated carbocycles. The van der Waals surface area contributed by atoms with E-state index in [0.717, 1.165) is 5.69 Å². The second-order valence-corrected chi connectivity index (χ2v) is 5.05. The molecule has 1 aromatic rings. The first-order chi connectivity index (χ1) is 7.03. The lowest BCUT2D eigenvalue weighted by atomic mass is 10.4. The van der Waals surface area contributed by atoms with Gasteiger partial charge in [-0.2, -0.15) is 0 Å². The van der Waals surface area contributed by atoms with Crippen molar-refractivity contribution in [1.29, 1.82) is 0 Å². The smallest absolute Gasteiger partial charge is 0.234 e. The molecular weight excluding hydrogens is 214 g/mol. The predicted molar refractivity (Wildman–Crippen MR) is 60.3 cm³/mol. The van der Waals surface area contributed by atoms with Crippen LogP contribution in [-0.2, 0) is 10.0 Å². The van der Waals surface area contributed by atoms with Gasteiger partial charge in [0.25, 0.3) is 0 Å². The molecule has 0 radical (unpaired) electrons. The van der Waals surface area contributed by atoms with E-state index in [0.29, 0.717) is 12.2 Å². The highest BCUT2D eigenvalue weighted by Crippen LogP contribution is 2.07. The Balaban J connectivity index is 2.65. The van der Waals surface area contributed by atoms with Gasteiger partial charge in [-0.1, -0.05) is 0 Å². The van der Waals surface area contributed by atoms with Crippen LogP contribution in [0.25, 0.3) is 0 Å². The Hall–Kier alpha value is -1.14. The SMILES string of the molecule is CNCCS(=O)(=O)Nc1ccc(C)nc1. The summed E-state index contributed by atoms with van der Waals surface area (Å²) in [6.07, 6.45) is 1.51. The zero-order valence-electron chi connectivity index (χ0n) is 8.82. The van der Waals surface area contributed by atoms with Gasteiger partial charge >= 0.3 is 0 Å². The van der Waals surface area contributed by atoms with Crippen molar-refractivity contribution in [3.8, 4) is 0 Å². The van der Waals surface area contributed by atoms with E-state index in [-0.39, 0.29) is 5.75 Å². The van der Waals surface area contributed by atoms with Crippen LogP contribution in [0.4, 0.5) is 5.69 Å². The molecule has 15 heavy (non-hydrogen) atoms. The second kappa shape index (κ2) is 5.09. The fourth-order valence-corrected chi connectivity index (χ4v) is 2.05. The predicted octanol–water partition coefficient (Wildman–Crippen LogP) is 0.351. The summed E-state index contributed by atoms with van der Waals surface area (Å²) in [5, 5.41) is 2.78. The van der Waals surface area contributed by atoms with Crippen molar-refractivity contribution in [2.75, 3.05) is 24.1 Å². The lowest BCUT2D eigenvalue weighted by Gasteiger charge is -2.07. The van der Waals surface area contributed by atoms with Crippen molar-refractivity contribution < 1.29 is 8.42 Å². The van der Waals surface area contributed by atoms with Crippen molar-refractivity contribution in [2.45, 2.75) is 6.92 Å². The number of aromatic nitrogens is 1. The molecule has 0 bridgehead atoms. The van der Waals surface area contributed by atoms with Crippen LogP contribution >= 0.6 is 0 Å². The van der Waals surface area contributed by atoms with Crippen LogP contribution in [0.5, 0.6) is 0 Å².